The average molecular weight is 138 g/mol. The molecule has 6 heteroatoms. The molecule has 0 bridgehead atoms. The van der Waals surface area contributed by atoms with Gasteiger partial charge in [-0.1, -0.05) is 0 Å². The predicted molar refractivity (Wildman–Crippen MR) is 28.7 cm³/mol. The number of hydrogen-bond acceptors (Lipinski definition) is 4. The fourth-order valence-corrected chi connectivity index (χ4v) is 0.671. The molecule has 0 aromatic heterocycles. The summed E-state index contributed by atoms with van der Waals surface area (Å²) in [5.74, 6) is 0. The predicted octanol–water partition coefficient (Wildman–Crippen LogP) is 0.597. The van der Waals surface area contributed by atoms with E-state index in [-0.39, 0.29) is 29.6 Å². The zero-order chi connectivity index (χ0) is 3.91. The van der Waals surface area contributed by atoms with E-state index in [0.29, 0.717) is 0 Å². The van der Waals surface area contributed by atoms with Crippen molar-refractivity contribution >= 4 is 50.5 Å². The van der Waals surface area contributed by atoms with Crippen LogP contribution in [0.2, 0.25) is 0 Å². The molecule has 0 atom stereocenters. The van der Waals surface area contributed by atoms with E-state index in [1.165, 1.54) is 0 Å². The van der Waals surface area contributed by atoms with E-state index < -0.39 is 9.90 Å². The van der Waals surface area contributed by atoms with Crippen LogP contribution in [0.25, 0.3) is 0 Å². The van der Waals surface area contributed by atoms with Gasteiger partial charge in [0.15, 0.2) is 9.90 Å². The van der Waals surface area contributed by atoms with Crippen molar-refractivity contribution in [3.8, 4) is 0 Å². The summed E-state index contributed by atoms with van der Waals surface area (Å²) in [4.78, 5) is 0. The van der Waals surface area contributed by atoms with Gasteiger partial charge in [-0.15, -0.1) is 0 Å². The van der Waals surface area contributed by atoms with Gasteiger partial charge in [0.25, 0.3) is 0 Å². The SMILES string of the molecule is OS1(O)OS1.[NaH]. The molecule has 2 N–H and O–H groups in total. The van der Waals surface area contributed by atoms with Crippen molar-refractivity contribution < 1.29 is 12.7 Å². The molecule has 1 rings (SSSR count). The Kier molecular flexibility index (Phi) is 2.82. The van der Waals surface area contributed by atoms with Crippen LogP contribution < -0.4 is 0 Å². The van der Waals surface area contributed by atoms with E-state index in [1.807, 2.05) is 0 Å². The van der Waals surface area contributed by atoms with Crippen LogP contribution >= 0.6 is 21.0 Å². The van der Waals surface area contributed by atoms with E-state index in [2.05, 4.69) is 3.63 Å². The third-order valence-electron chi connectivity index (χ3n) is 0.190. The second-order valence-electron chi connectivity index (χ2n) is 0.584. The Labute approximate surface area is 62.9 Å². The van der Waals surface area contributed by atoms with Crippen molar-refractivity contribution in [3.05, 3.63) is 0 Å². The zero-order valence-electron chi connectivity index (χ0n) is 2.12. The van der Waals surface area contributed by atoms with Crippen molar-refractivity contribution in [1.82, 2.24) is 0 Å². The van der Waals surface area contributed by atoms with Gasteiger partial charge in [0.2, 0.25) is 0 Å². The molecule has 0 amide bonds. The second-order valence-corrected chi connectivity index (χ2v) is 3.87. The third kappa shape index (κ3) is 2.70. The number of rotatable bonds is 0. The van der Waals surface area contributed by atoms with Crippen LogP contribution in [0.5, 0.6) is 0 Å². The number of hydrogen-bond donors (Lipinski definition) is 2. The van der Waals surface area contributed by atoms with Crippen LogP contribution in [-0.4, -0.2) is 38.7 Å². The Balaban J connectivity index is 0.000000250. The summed E-state index contributed by atoms with van der Waals surface area (Å²) in [7, 11) is -2.50. The molecule has 6 heavy (non-hydrogen) atoms. The van der Waals surface area contributed by atoms with E-state index in [0.717, 1.165) is 11.1 Å². The Hall–Kier alpha value is 1.58. The molecular formula is H3NaO3S2. The van der Waals surface area contributed by atoms with Gasteiger partial charge >= 0.3 is 29.6 Å². The average Bonchev–Trinajstić information content (AvgIpc) is 1.76. The maximum atomic E-state index is 8.01. The normalized spacial score (nSPS) is 30.3. The summed E-state index contributed by atoms with van der Waals surface area (Å²) in [6, 6.07) is 0. The van der Waals surface area contributed by atoms with Gasteiger partial charge in [0, 0.05) is 0 Å². The fourth-order valence-electron chi connectivity index (χ4n) is 0.0248. The van der Waals surface area contributed by atoms with Crippen LogP contribution in [0.1, 0.15) is 0 Å². The van der Waals surface area contributed by atoms with Gasteiger partial charge in [0.1, 0.15) is 11.1 Å². The molecule has 0 aromatic rings. The van der Waals surface area contributed by atoms with Gasteiger partial charge < -0.3 is 0 Å². The second kappa shape index (κ2) is 2.23. The van der Waals surface area contributed by atoms with Gasteiger partial charge in [0.05, 0.1) is 0 Å². The quantitative estimate of drug-likeness (QED) is 0.223. The van der Waals surface area contributed by atoms with Crippen molar-refractivity contribution in [1.29, 1.82) is 0 Å². The van der Waals surface area contributed by atoms with Gasteiger partial charge in [-0.2, -0.15) is 3.63 Å². The Morgan fingerprint density at radius 3 is 1.67 bits per heavy atom. The monoisotopic (exact) mass is 138 g/mol. The zero-order valence-corrected chi connectivity index (χ0v) is 3.75. The molecule has 0 spiro atoms. The molecule has 0 aliphatic carbocycles. The van der Waals surface area contributed by atoms with Crippen LogP contribution in [0.4, 0.5) is 0 Å². The molecule has 3 nitrogen and oxygen atoms in total. The molecule has 0 aromatic carbocycles. The van der Waals surface area contributed by atoms with Crippen molar-refractivity contribution in [2.75, 3.05) is 0 Å². The van der Waals surface area contributed by atoms with Crippen LogP contribution in [0.15, 0.2) is 0 Å². The fraction of sp³-hybridized carbons (Fsp3) is 0. The Morgan fingerprint density at radius 2 is 1.67 bits per heavy atom. The molecule has 0 radical (unpaired) electrons. The molecule has 0 saturated carbocycles. The van der Waals surface area contributed by atoms with Gasteiger partial charge in [-0.05, 0) is 0 Å². The van der Waals surface area contributed by atoms with Crippen molar-refractivity contribution in [2.24, 2.45) is 0 Å². The molecule has 34 valence electrons. The first-order valence-corrected chi connectivity index (χ1v) is 3.60. The first-order chi connectivity index (χ1) is 2.21. The van der Waals surface area contributed by atoms with E-state index in [4.69, 9.17) is 9.11 Å². The summed E-state index contributed by atoms with van der Waals surface area (Å²) in [6.07, 6.45) is 0. The molecule has 1 heterocycles. The third-order valence-corrected chi connectivity index (χ3v) is 1.71. The van der Waals surface area contributed by atoms with Gasteiger partial charge in [-0.3, -0.25) is 9.11 Å². The minimum atomic E-state index is -2.50. The van der Waals surface area contributed by atoms with Crippen LogP contribution in [0, 0.1) is 0 Å². The summed E-state index contributed by atoms with van der Waals surface area (Å²) in [5, 5.41) is 0. The van der Waals surface area contributed by atoms with Crippen molar-refractivity contribution in [3.63, 3.8) is 0 Å². The molecular weight excluding hydrogens is 135 g/mol. The topological polar surface area (TPSA) is 53.0 Å². The molecule has 1 aliphatic heterocycles. The molecule has 1 fully saturated rings. The first kappa shape index (κ1) is 7.58. The standard InChI is InChI=1S/Na.H2O3S2.H/c;1-5(2)3-4-5;/h;1-2H;. The summed E-state index contributed by atoms with van der Waals surface area (Å²) in [6.45, 7) is 0. The minimum absolute atomic E-state index is 0. The maximum absolute atomic E-state index is 8.01. The van der Waals surface area contributed by atoms with Crippen LogP contribution in [-0.2, 0) is 3.63 Å². The summed E-state index contributed by atoms with van der Waals surface area (Å²) in [5.41, 5.74) is 0. The summed E-state index contributed by atoms with van der Waals surface area (Å²) < 4.78 is 20.0. The van der Waals surface area contributed by atoms with E-state index >= 15 is 0 Å². The molecule has 1 saturated heterocycles. The van der Waals surface area contributed by atoms with E-state index in [9.17, 15) is 0 Å². The van der Waals surface area contributed by atoms with Crippen LogP contribution in [0.3, 0.4) is 0 Å². The Morgan fingerprint density at radius 1 is 1.50 bits per heavy atom. The van der Waals surface area contributed by atoms with E-state index in [1.54, 1.807) is 0 Å². The first-order valence-electron chi connectivity index (χ1n) is 0.865. The van der Waals surface area contributed by atoms with Crippen molar-refractivity contribution in [2.45, 2.75) is 0 Å². The Bertz CT molecular complexity index is 46.8. The molecule has 0 unspecified atom stereocenters. The van der Waals surface area contributed by atoms with Gasteiger partial charge in [-0.25, -0.2) is 0 Å². The summed E-state index contributed by atoms with van der Waals surface area (Å²) >= 11 is 0.720. The molecule has 1 aliphatic rings.